The van der Waals surface area contributed by atoms with E-state index in [1.165, 1.54) is 12.1 Å². The fourth-order valence-corrected chi connectivity index (χ4v) is 1.81. The van der Waals surface area contributed by atoms with Gasteiger partial charge < -0.3 is 5.11 Å². The number of nitriles is 1. The van der Waals surface area contributed by atoms with Crippen molar-refractivity contribution in [3.8, 4) is 11.8 Å². The van der Waals surface area contributed by atoms with Crippen LogP contribution in [0.3, 0.4) is 0 Å². The molecule has 56 valence electrons. The van der Waals surface area contributed by atoms with E-state index in [-0.39, 0.29) is 35.3 Å². The maximum Gasteiger partial charge on any atom is 1.00 e. The molecule has 0 bridgehead atoms. The third-order valence-corrected chi connectivity index (χ3v) is 2.31. The van der Waals surface area contributed by atoms with Gasteiger partial charge >= 0.3 is 29.6 Å². The molecular weight excluding hydrogens is 297 g/mol. The quantitative estimate of drug-likeness (QED) is 0.587. The van der Waals surface area contributed by atoms with Gasteiger partial charge in [0.05, 0.1) is 11.6 Å². The van der Waals surface area contributed by atoms with Gasteiger partial charge in [-0.1, -0.05) is 37.6 Å². The number of benzene rings is 1. The first-order valence-electron chi connectivity index (χ1n) is 2.71. The summed E-state index contributed by atoms with van der Waals surface area (Å²) < 4.78 is 0.812. The zero-order valence-corrected chi connectivity index (χ0v) is 11.4. The third-order valence-electron chi connectivity index (χ3n) is 1.13. The molecule has 0 saturated carbocycles. The first-order chi connectivity index (χ1) is 5.15. The normalized spacial score (nSPS) is 8.42. The smallest absolute Gasteiger partial charge is 0.871 e. The molecule has 0 aliphatic carbocycles. The number of halogens is 2. The molecule has 0 unspecified atom stereocenters. The van der Waals surface area contributed by atoms with Crippen molar-refractivity contribution in [3.63, 3.8) is 0 Å². The van der Waals surface area contributed by atoms with Gasteiger partial charge in [-0.3, -0.25) is 0 Å². The van der Waals surface area contributed by atoms with Crippen LogP contribution in [0.5, 0.6) is 5.75 Å². The van der Waals surface area contributed by atoms with Gasteiger partial charge in [-0.15, -0.1) is 0 Å². The Morgan fingerprint density at radius 3 is 2.00 bits per heavy atom. The predicted octanol–water partition coefficient (Wildman–Crippen LogP) is -0.839. The van der Waals surface area contributed by atoms with Crippen molar-refractivity contribution in [2.45, 2.75) is 0 Å². The van der Waals surface area contributed by atoms with Crippen LogP contribution in [0.2, 0.25) is 0 Å². The van der Waals surface area contributed by atoms with Crippen molar-refractivity contribution in [2.75, 3.05) is 0 Å². The topological polar surface area (TPSA) is 46.8 Å². The van der Waals surface area contributed by atoms with Gasteiger partial charge in [0.2, 0.25) is 0 Å². The molecule has 0 N–H and O–H groups in total. The van der Waals surface area contributed by atoms with E-state index < -0.39 is 0 Å². The minimum atomic E-state index is -0.135. The number of rotatable bonds is 0. The molecule has 2 nitrogen and oxygen atoms in total. The molecule has 0 aromatic heterocycles. The average Bonchev–Trinajstić information content (AvgIpc) is 1.99. The molecule has 0 radical (unpaired) electrons. The predicted molar refractivity (Wildman–Crippen MR) is 46.0 cm³/mol. The minimum absolute atomic E-state index is 0. The van der Waals surface area contributed by atoms with Crippen molar-refractivity contribution in [1.82, 2.24) is 0 Å². The van der Waals surface area contributed by atoms with E-state index in [0.29, 0.717) is 14.5 Å². The summed E-state index contributed by atoms with van der Waals surface area (Å²) in [5, 5.41) is 19.5. The zero-order chi connectivity index (χ0) is 8.43. The maximum absolute atomic E-state index is 11.0. The van der Waals surface area contributed by atoms with Gasteiger partial charge in [-0.2, -0.15) is 5.26 Å². The summed E-state index contributed by atoms with van der Waals surface area (Å²) in [6.07, 6.45) is 0. The Hall–Kier alpha value is 0.470. The first kappa shape index (κ1) is 12.5. The van der Waals surface area contributed by atoms with Crippen molar-refractivity contribution in [3.05, 3.63) is 26.6 Å². The average molecular weight is 299 g/mol. The fraction of sp³-hybridized carbons (Fsp3) is 0. The summed E-state index contributed by atoms with van der Waals surface area (Å²) in [7, 11) is 0. The van der Waals surface area contributed by atoms with E-state index in [9.17, 15) is 5.11 Å². The molecule has 0 aliphatic heterocycles. The Bertz CT molecular complexity index is 312. The Labute approximate surface area is 109 Å². The molecule has 0 heterocycles. The number of hydrogen-bond acceptors (Lipinski definition) is 2. The van der Waals surface area contributed by atoms with Gasteiger partial charge in [0.25, 0.3) is 0 Å². The summed E-state index contributed by atoms with van der Waals surface area (Å²) in [6.45, 7) is 0. The van der Waals surface area contributed by atoms with Crippen LogP contribution in [-0.2, 0) is 0 Å². The van der Waals surface area contributed by atoms with Crippen molar-refractivity contribution in [2.24, 2.45) is 0 Å². The van der Waals surface area contributed by atoms with Crippen LogP contribution in [0.25, 0.3) is 0 Å². The molecule has 1 aromatic carbocycles. The molecule has 0 fully saturated rings. The summed E-state index contributed by atoms with van der Waals surface area (Å²) in [5.74, 6) is -0.135. The van der Waals surface area contributed by atoms with Crippen LogP contribution in [0.15, 0.2) is 21.1 Å². The molecule has 0 spiro atoms. The van der Waals surface area contributed by atoms with Crippen LogP contribution in [0.1, 0.15) is 5.56 Å². The van der Waals surface area contributed by atoms with E-state index in [0.717, 1.165) is 0 Å². The van der Waals surface area contributed by atoms with E-state index in [1.54, 1.807) is 0 Å². The Kier molecular flexibility index (Phi) is 5.46. The fourth-order valence-electron chi connectivity index (χ4n) is 0.624. The molecule has 1 aromatic rings. The molecule has 0 saturated heterocycles. The third kappa shape index (κ3) is 2.75. The maximum atomic E-state index is 11.0. The Balaban J connectivity index is 0.00000121. The molecule has 0 amide bonds. The van der Waals surface area contributed by atoms with Crippen LogP contribution in [-0.4, -0.2) is 0 Å². The van der Waals surface area contributed by atoms with E-state index >= 15 is 0 Å². The SMILES string of the molecule is N#Cc1cc(Br)c([O-])c(Br)c1.[Na+]. The molecule has 12 heavy (non-hydrogen) atoms. The van der Waals surface area contributed by atoms with Crippen LogP contribution in [0.4, 0.5) is 0 Å². The van der Waals surface area contributed by atoms with Crippen molar-refractivity contribution >= 4 is 31.9 Å². The molecular formula is C7H2Br2NNaO. The van der Waals surface area contributed by atoms with Crippen LogP contribution in [0, 0.1) is 11.3 Å². The largest absolute Gasteiger partial charge is 1.00 e. The second kappa shape index (κ2) is 5.25. The van der Waals surface area contributed by atoms with Crippen molar-refractivity contribution in [1.29, 1.82) is 5.26 Å². The van der Waals surface area contributed by atoms with E-state index in [1.807, 2.05) is 6.07 Å². The number of nitrogens with zero attached hydrogens (tertiary/aromatic N) is 1. The second-order valence-electron chi connectivity index (χ2n) is 1.88. The van der Waals surface area contributed by atoms with Crippen LogP contribution >= 0.6 is 31.9 Å². The Morgan fingerprint density at radius 2 is 1.67 bits per heavy atom. The first-order valence-corrected chi connectivity index (χ1v) is 4.30. The monoisotopic (exact) mass is 297 g/mol. The standard InChI is InChI=1S/C7H3Br2NO.Na/c8-5-1-4(3-10)2-6(9)7(5)11;/h1-2,11H;/q;+1/p-1. The summed E-state index contributed by atoms with van der Waals surface area (Å²) in [5.41, 5.74) is 0.461. The molecule has 1 rings (SSSR count). The van der Waals surface area contributed by atoms with Gasteiger partial charge in [-0.25, -0.2) is 0 Å². The van der Waals surface area contributed by atoms with Crippen molar-refractivity contribution < 1.29 is 34.7 Å². The minimum Gasteiger partial charge on any atom is -0.871 e. The van der Waals surface area contributed by atoms with Gasteiger partial charge in [0, 0.05) is 8.95 Å². The molecule has 0 aliphatic rings. The second-order valence-corrected chi connectivity index (χ2v) is 3.59. The summed E-state index contributed by atoms with van der Waals surface area (Å²) >= 11 is 6.09. The van der Waals surface area contributed by atoms with E-state index in [2.05, 4.69) is 31.9 Å². The molecule has 0 atom stereocenters. The number of hydrogen-bond donors (Lipinski definition) is 0. The van der Waals surface area contributed by atoms with Gasteiger partial charge in [0.1, 0.15) is 0 Å². The zero-order valence-electron chi connectivity index (χ0n) is 6.27. The van der Waals surface area contributed by atoms with Crippen LogP contribution < -0.4 is 34.7 Å². The Morgan fingerprint density at radius 1 is 1.25 bits per heavy atom. The summed E-state index contributed by atoms with van der Waals surface area (Å²) in [6, 6.07) is 4.92. The van der Waals surface area contributed by atoms with E-state index in [4.69, 9.17) is 5.26 Å². The van der Waals surface area contributed by atoms with Gasteiger partial charge in [-0.05, 0) is 12.1 Å². The summed E-state index contributed by atoms with van der Waals surface area (Å²) in [4.78, 5) is 0. The molecule has 5 heteroatoms. The van der Waals surface area contributed by atoms with Gasteiger partial charge in [0.15, 0.2) is 0 Å².